The molecule has 2 amide bonds. The van der Waals surface area contributed by atoms with Crippen molar-refractivity contribution in [1.82, 2.24) is 15.5 Å². The van der Waals surface area contributed by atoms with Gasteiger partial charge in [-0.05, 0) is 76.5 Å². The van der Waals surface area contributed by atoms with E-state index in [0.717, 1.165) is 50.9 Å². The van der Waals surface area contributed by atoms with E-state index in [4.69, 9.17) is 0 Å². The first kappa shape index (κ1) is 20.8. The zero-order chi connectivity index (χ0) is 21.4. The van der Waals surface area contributed by atoms with Crippen molar-refractivity contribution in [3.05, 3.63) is 29.8 Å². The summed E-state index contributed by atoms with van der Waals surface area (Å²) >= 11 is 0. The minimum absolute atomic E-state index is 0.00911. The van der Waals surface area contributed by atoms with Crippen LogP contribution in [-0.4, -0.2) is 48.1 Å². The third kappa shape index (κ3) is 3.95. The van der Waals surface area contributed by atoms with Gasteiger partial charge in [-0.3, -0.25) is 9.59 Å². The lowest BCUT2D eigenvalue weighted by molar-refractivity contribution is -0.132. The molecule has 1 aromatic rings. The summed E-state index contributed by atoms with van der Waals surface area (Å²) in [6, 6.07) is 8.41. The summed E-state index contributed by atoms with van der Waals surface area (Å²) in [7, 11) is 0. The Kier molecular flexibility index (Phi) is 5.67. The van der Waals surface area contributed by atoms with Gasteiger partial charge in [-0.1, -0.05) is 18.6 Å². The number of rotatable bonds is 5. The summed E-state index contributed by atoms with van der Waals surface area (Å²) in [5, 5.41) is 10.2. The lowest BCUT2D eigenvalue weighted by atomic mass is 9.58. The normalized spacial score (nSPS) is 34.7. The number of amides is 2. The van der Waals surface area contributed by atoms with Crippen molar-refractivity contribution >= 4 is 17.5 Å². The molecule has 1 aromatic carbocycles. The minimum Gasteiger partial charge on any atom is -0.362 e. The molecule has 2 bridgehead atoms. The number of fused-ring (bicyclic) bond motifs is 3. The van der Waals surface area contributed by atoms with E-state index in [1.54, 1.807) is 0 Å². The Morgan fingerprint density at radius 3 is 2.87 bits per heavy atom. The van der Waals surface area contributed by atoms with Gasteiger partial charge in [-0.2, -0.15) is 0 Å². The first-order valence-corrected chi connectivity index (χ1v) is 12.3. The highest BCUT2D eigenvalue weighted by molar-refractivity contribution is 6.02. The second-order valence-corrected chi connectivity index (χ2v) is 10.2. The number of anilines is 1. The van der Waals surface area contributed by atoms with E-state index in [1.807, 2.05) is 24.3 Å². The molecule has 3 saturated carbocycles. The van der Waals surface area contributed by atoms with Crippen LogP contribution in [0.1, 0.15) is 68.6 Å². The fourth-order valence-electron chi connectivity index (χ4n) is 6.58. The third-order valence-corrected chi connectivity index (χ3v) is 8.34. The van der Waals surface area contributed by atoms with Gasteiger partial charge in [-0.15, -0.1) is 0 Å². The molecule has 1 saturated heterocycles. The average molecular weight is 425 g/mol. The Morgan fingerprint density at radius 2 is 2.06 bits per heavy atom. The minimum atomic E-state index is -0.393. The van der Waals surface area contributed by atoms with Gasteiger partial charge >= 0.3 is 0 Å². The zero-order valence-corrected chi connectivity index (χ0v) is 18.7. The van der Waals surface area contributed by atoms with Gasteiger partial charge in [0.15, 0.2) is 0 Å². The van der Waals surface area contributed by atoms with Crippen LogP contribution in [-0.2, 0) is 4.79 Å². The van der Waals surface area contributed by atoms with Gasteiger partial charge < -0.3 is 20.9 Å². The predicted molar refractivity (Wildman–Crippen MR) is 122 cm³/mol. The Bertz CT molecular complexity index is 843. The lowest BCUT2D eigenvalue weighted by Gasteiger charge is -2.56. The number of carbonyl (C=O) groups excluding carboxylic acids is 2. The molecule has 0 aromatic heterocycles. The topological polar surface area (TPSA) is 73.5 Å². The summed E-state index contributed by atoms with van der Waals surface area (Å²) in [5.74, 6) is 0.924. The number of carbonyl (C=O) groups is 2. The molecule has 5 atom stereocenters. The van der Waals surface area contributed by atoms with Gasteiger partial charge in [0.25, 0.3) is 5.91 Å². The van der Waals surface area contributed by atoms with Gasteiger partial charge in [0.1, 0.15) is 5.66 Å². The molecule has 0 radical (unpaired) electrons. The Morgan fingerprint density at radius 1 is 1.19 bits per heavy atom. The summed E-state index contributed by atoms with van der Waals surface area (Å²) in [6.07, 6.45) is 8.81. The van der Waals surface area contributed by atoms with E-state index >= 15 is 0 Å². The van der Waals surface area contributed by atoms with Crippen LogP contribution in [0.25, 0.3) is 0 Å². The molecule has 3 N–H and O–H groups in total. The van der Waals surface area contributed by atoms with Crippen molar-refractivity contribution in [3.8, 4) is 0 Å². The maximum absolute atomic E-state index is 13.0. The summed E-state index contributed by atoms with van der Waals surface area (Å²) in [6.45, 7) is 5.37. The monoisotopic (exact) mass is 424 g/mol. The number of benzene rings is 1. The molecule has 5 aliphatic rings. The fourth-order valence-corrected chi connectivity index (χ4v) is 6.58. The van der Waals surface area contributed by atoms with Crippen molar-refractivity contribution in [2.75, 3.05) is 25.0 Å². The molecule has 168 valence electrons. The van der Waals surface area contributed by atoms with Crippen LogP contribution < -0.4 is 16.0 Å². The van der Waals surface area contributed by atoms with Crippen LogP contribution in [0.2, 0.25) is 0 Å². The van der Waals surface area contributed by atoms with Crippen molar-refractivity contribution in [2.24, 2.45) is 17.8 Å². The van der Waals surface area contributed by atoms with Gasteiger partial charge in [0.05, 0.1) is 5.56 Å². The second-order valence-electron chi connectivity index (χ2n) is 10.2. The first-order chi connectivity index (χ1) is 15.1. The molecule has 1 spiro atoms. The predicted octanol–water partition coefficient (Wildman–Crippen LogP) is 3.36. The maximum atomic E-state index is 13.0. The number of nitrogens with one attached hydrogen (secondary N) is 3. The standard InChI is InChI=1S/C25H36N4O2/c1-17-7-4-5-13-29(17)14-6-12-26-23(30)21-15-19-11-10-18(21)16-25(19)27-22-9-3-2-8-20(22)24(31)28-25/h2-3,8-9,17-19,21,27H,4-7,10-16H2,1H3,(H,26,30)(H,28,31)/t17-,18+,19-,21+,25-/m1/s1. The highest BCUT2D eigenvalue weighted by Crippen LogP contribution is 2.51. The largest absolute Gasteiger partial charge is 0.362 e. The fraction of sp³-hybridized carbons (Fsp3) is 0.680. The molecule has 2 heterocycles. The van der Waals surface area contributed by atoms with Gasteiger partial charge in [-0.25, -0.2) is 0 Å². The molecule has 6 rings (SSSR count). The van der Waals surface area contributed by atoms with Crippen molar-refractivity contribution in [1.29, 1.82) is 0 Å². The summed E-state index contributed by atoms with van der Waals surface area (Å²) in [5.41, 5.74) is 1.24. The van der Waals surface area contributed by atoms with Crippen molar-refractivity contribution in [3.63, 3.8) is 0 Å². The van der Waals surface area contributed by atoms with E-state index in [0.29, 0.717) is 23.4 Å². The highest BCUT2D eigenvalue weighted by atomic mass is 16.2. The molecule has 0 unspecified atom stereocenters. The van der Waals surface area contributed by atoms with Crippen LogP contribution >= 0.6 is 0 Å². The lowest BCUT2D eigenvalue weighted by Crippen LogP contribution is -2.68. The van der Waals surface area contributed by atoms with E-state index in [-0.39, 0.29) is 17.7 Å². The molecule has 6 heteroatoms. The molecular formula is C25H36N4O2. The number of hydrogen-bond acceptors (Lipinski definition) is 4. The SMILES string of the molecule is C[C@@H]1CCCCN1CCCNC(=O)[C@H]1C[C@H]2CC[C@H]1C[C@@]21NC(=O)c2ccccc2N1. The number of hydrogen-bond donors (Lipinski definition) is 3. The van der Waals surface area contributed by atoms with E-state index in [1.165, 1.54) is 25.8 Å². The van der Waals surface area contributed by atoms with Crippen LogP contribution in [0.5, 0.6) is 0 Å². The molecule has 6 nitrogen and oxygen atoms in total. The number of piperidine rings is 1. The van der Waals surface area contributed by atoms with Crippen LogP contribution in [0.15, 0.2) is 24.3 Å². The number of likely N-dealkylation sites (tertiary alicyclic amines) is 1. The smallest absolute Gasteiger partial charge is 0.255 e. The molecule has 2 aliphatic heterocycles. The summed E-state index contributed by atoms with van der Waals surface area (Å²) in [4.78, 5) is 28.3. The van der Waals surface area contributed by atoms with E-state index in [9.17, 15) is 9.59 Å². The van der Waals surface area contributed by atoms with Crippen LogP contribution in [0, 0.1) is 17.8 Å². The maximum Gasteiger partial charge on any atom is 0.255 e. The van der Waals surface area contributed by atoms with Crippen molar-refractivity contribution in [2.45, 2.75) is 70.0 Å². The first-order valence-electron chi connectivity index (χ1n) is 12.3. The highest BCUT2D eigenvalue weighted by Gasteiger charge is 2.55. The van der Waals surface area contributed by atoms with Crippen LogP contribution in [0.4, 0.5) is 5.69 Å². The number of para-hydroxylation sites is 1. The van der Waals surface area contributed by atoms with E-state index < -0.39 is 5.66 Å². The number of nitrogens with zero attached hydrogens (tertiary/aromatic N) is 1. The Balaban J connectivity index is 1.16. The zero-order valence-electron chi connectivity index (χ0n) is 18.7. The van der Waals surface area contributed by atoms with Gasteiger partial charge in [0, 0.05) is 36.7 Å². The van der Waals surface area contributed by atoms with Crippen molar-refractivity contribution < 1.29 is 9.59 Å². The Hall–Kier alpha value is -2.08. The van der Waals surface area contributed by atoms with Crippen LogP contribution in [0.3, 0.4) is 0 Å². The quantitative estimate of drug-likeness (QED) is 0.634. The molecule has 31 heavy (non-hydrogen) atoms. The van der Waals surface area contributed by atoms with Gasteiger partial charge in [0.2, 0.25) is 5.91 Å². The second kappa shape index (κ2) is 8.45. The molecule has 4 fully saturated rings. The molecule has 3 aliphatic carbocycles. The average Bonchev–Trinajstić information content (AvgIpc) is 2.78. The molecular weight excluding hydrogens is 388 g/mol. The third-order valence-electron chi connectivity index (χ3n) is 8.34. The summed E-state index contributed by atoms with van der Waals surface area (Å²) < 4.78 is 0. The Labute approximate surface area is 185 Å². The van der Waals surface area contributed by atoms with E-state index in [2.05, 4.69) is 27.8 Å².